The number of carbonyl (C=O) groups excluding carboxylic acids is 2. The van der Waals surface area contributed by atoms with Gasteiger partial charge in [-0.3, -0.25) is 9.59 Å². The Labute approximate surface area is 162 Å². The molecule has 28 heavy (non-hydrogen) atoms. The summed E-state index contributed by atoms with van der Waals surface area (Å²) in [7, 11) is 0. The Kier molecular flexibility index (Phi) is 6.36. The van der Waals surface area contributed by atoms with Gasteiger partial charge in [0.15, 0.2) is 6.61 Å². The van der Waals surface area contributed by atoms with Gasteiger partial charge in [-0.05, 0) is 29.7 Å². The first-order chi connectivity index (χ1) is 13.6. The molecule has 1 atom stereocenters. The van der Waals surface area contributed by atoms with Gasteiger partial charge in [0.25, 0.3) is 11.5 Å². The fourth-order valence-electron chi connectivity index (χ4n) is 2.81. The lowest BCUT2D eigenvalue weighted by Gasteiger charge is -2.19. The van der Waals surface area contributed by atoms with Crippen LogP contribution in [0, 0.1) is 0 Å². The molecule has 3 aromatic rings. The molecule has 0 unspecified atom stereocenters. The quantitative estimate of drug-likeness (QED) is 0.621. The molecular formula is C22H20N2O4. The summed E-state index contributed by atoms with van der Waals surface area (Å²) >= 11 is 0. The summed E-state index contributed by atoms with van der Waals surface area (Å²) in [6.45, 7) is -0.467. The molecule has 1 aromatic heterocycles. The average molecular weight is 376 g/mol. The van der Waals surface area contributed by atoms with Crippen LogP contribution in [-0.2, 0) is 16.0 Å². The van der Waals surface area contributed by atoms with Crippen LogP contribution in [-0.4, -0.2) is 23.5 Å². The summed E-state index contributed by atoms with van der Waals surface area (Å²) in [6, 6.07) is 22.0. The van der Waals surface area contributed by atoms with E-state index in [1.165, 1.54) is 18.3 Å². The highest BCUT2D eigenvalue weighted by Gasteiger charge is 2.18. The first-order valence-corrected chi connectivity index (χ1v) is 8.86. The summed E-state index contributed by atoms with van der Waals surface area (Å²) in [5, 5.41) is 2.90. The number of aromatic amines is 1. The second-order valence-corrected chi connectivity index (χ2v) is 6.21. The lowest BCUT2D eigenvalue weighted by Crippen LogP contribution is -2.34. The summed E-state index contributed by atoms with van der Waals surface area (Å²) in [6.07, 6.45) is 2.02. The standard InChI is InChI=1S/C22H20N2O4/c25-20(15-28-22(27)18-12-7-13-23-21(18)26)24-19(17-10-5-2-6-11-17)14-16-8-3-1-4-9-16/h1-13,19H,14-15H2,(H,23,26)(H,24,25)/t19-/m0/s1. The largest absolute Gasteiger partial charge is 0.452 e. The summed E-state index contributed by atoms with van der Waals surface area (Å²) < 4.78 is 4.99. The van der Waals surface area contributed by atoms with Crippen LogP contribution in [0.5, 0.6) is 0 Å². The van der Waals surface area contributed by atoms with Crippen LogP contribution in [0.4, 0.5) is 0 Å². The van der Waals surface area contributed by atoms with Gasteiger partial charge in [0.1, 0.15) is 5.56 Å². The highest BCUT2D eigenvalue weighted by molar-refractivity contribution is 5.90. The zero-order valence-electron chi connectivity index (χ0n) is 15.1. The van der Waals surface area contributed by atoms with E-state index in [0.29, 0.717) is 6.42 Å². The van der Waals surface area contributed by atoms with Gasteiger partial charge >= 0.3 is 5.97 Å². The number of H-pyrrole nitrogens is 1. The van der Waals surface area contributed by atoms with E-state index in [0.717, 1.165) is 11.1 Å². The smallest absolute Gasteiger partial charge is 0.344 e. The molecule has 0 fully saturated rings. The van der Waals surface area contributed by atoms with E-state index in [4.69, 9.17) is 4.74 Å². The van der Waals surface area contributed by atoms with Crippen LogP contribution in [0.1, 0.15) is 27.5 Å². The third-order valence-electron chi connectivity index (χ3n) is 4.19. The molecule has 1 amide bonds. The number of nitrogens with one attached hydrogen (secondary N) is 2. The molecule has 0 bridgehead atoms. The molecule has 0 aliphatic heterocycles. The van der Waals surface area contributed by atoms with Gasteiger partial charge in [-0.1, -0.05) is 60.7 Å². The summed E-state index contributed by atoms with van der Waals surface area (Å²) in [4.78, 5) is 38.4. The molecule has 2 aromatic carbocycles. The molecule has 1 heterocycles. The summed E-state index contributed by atoms with van der Waals surface area (Å²) in [5.41, 5.74) is 1.33. The lowest BCUT2D eigenvalue weighted by molar-refractivity contribution is -0.125. The third kappa shape index (κ3) is 5.17. The number of hydrogen-bond donors (Lipinski definition) is 2. The maximum absolute atomic E-state index is 12.4. The first kappa shape index (κ1) is 19.1. The van der Waals surface area contributed by atoms with Gasteiger partial charge in [0.05, 0.1) is 6.04 Å². The van der Waals surface area contributed by atoms with E-state index in [1.54, 1.807) is 0 Å². The van der Waals surface area contributed by atoms with E-state index < -0.39 is 24.0 Å². The first-order valence-electron chi connectivity index (χ1n) is 8.86. The number of carbonyl (C=O) groups is 2. The van der Waals surface area contributed by atoms with Crippen molar-refractivity contribution in [1.82, 2.24) is 10.3 Å². The molecule has 2 N–H and O–H groups in total. The molecule has 0 radical (unpaired) electrons. The van der Waals surface area contributed by atoms with Gasteiger partial charge in [-0.25, -0.2) is 4.79 Å². The van der Waals surface area contributed by atoms with Crippen molar-refractivity contribution in [3.8, 4) is 0 Å². The molecule has 6 nitrogen and oxygen atoms in total. The van der Waals surface area contributed by atoms with E-state index in [9.17, 15) is 14.4 Å². The van der Waals surface area contributed by atoms with Crippen LogP contribution in [0.2, 0.25) is 0 Å². The summed E-state index contributed by atoms with van der Waals surface area (Å²) in [5.74, 6) is -1.28. The molecule has 0 saturated heterocycles. The monoisotopic (exact) mass is 376 g/mol. The number of amides is 1. The number of rotatable bonds is 7. The molecule has 0 saturated carbocycles. The van der Waals surface area contributed by atoms with Crippen molar-refractivity contribution in [2.45, 2.75) is 12.5 Å². The highest BCUT2D eigenvalue weighted by Crippen LogP contribution is 2.18. The van der Waals surface area contributed by atoms with Gasteiger partial charge in [0.2, 0.25) is 0 Å². The molecule has 0 aliphatic rings. The minimum atomic E-state index is -0.837. The van der Waals surface area contributed by atoms with Crippen molar-refractivity contribution in [1.29, 1.82) is 0 Å². The van der Waals surface area contributed by atoms with Crippen LogP contribution in [0.15, 0.2) is 83.8 Å². The Balaban J connectivity index is 1.65. The predicted octanol–water partition coefficient (Wildman–Crippen LogP) is 2.63. The topological polar surface area (TPSA) is 88.3 Å². The number of ether oxygens (including phenoxy) is 1. The van der Waals surface area contributed by atoms with Crippen LogP contribution < -0.4 is 10.9 Å². The van der Waals surface area contributed by atoms with Crippen molar-refractivity contribution in [2.24, 2.45) is 0 Å². The molecule has 0 aliphatic carbocycles. The van der Waals surface area contributed by atoms with Crippen LogP contribution >= 0.6 is 0 Å². The minimum absolute atomic E-state index is 0.140. The molecule has 142 valence electrons. The van der Waals surface area contributed by atoms with Crippen molar-refractivity contribution >= 4 is 11.9 Å². The normalized spacial score (nSPS) is 11.4. The maximum atomic E-state index is 12.4. The van der Waals surface area contributed by atoms with Gasteiger partial charge < -0.3 is 15.0 Å². The number of hydrogen-bond acceptors (Lipinski definition) is 4. The van der Waals surface area contributed by atoms with E-state index >= 15 is 0 Å². The van der Waals surface area contributed by atoms with E-state index in [1.807, 2.05) is 60.7 Å². The Morgan fingerprint density at radius 3 is 2.29 bits per heavy atom. The fourth-order valence-corrected chi connectivity index (χ4v) is 2.81. The zero-order valence-corrected chi connectivity index (χ0v) is 15.1. The van der Waals surface area contributed by atoms with Crippen molar-refractivity contribution in [3.05, 3.63) is 106 Å². The number of pyridine rings is 1. The SMILES string of the molecule is O=C(COC(=O)c1ccc[nH]c1=O)N[C@@H](Cc1ccccc1)c1ccccc1. The lowest BCUT2D eigenvalue weighted by atomic mass is 9.99. The Morgan fingerprint density at radius 1 is 0.929 bits per heavy atom. The molecular weight excluding hydrogens is 356 g/mol. The van der Waals surface area contributed by atoms with Crippen LogP contribution in [0.25, 0.3) is 0 Å². The van der Waals surface area contributed by atoms with Gasteiger partial charge in [0, 0.05) is 6.20 Å². The highest BCUT2D eigenvalue weighted by atomic mass is 16.5. The second-order valence-electron chi connectivity index (χ2n) is 6.21. The second kappa shape index (κ2) is 9.32. The number of esters is 1. The number of aromatic nitrogens is 1. The Morgan fingerprint density at radius 2 is 1.61 bits per heavy atom. The Hall–Kier alpha value is -3.67. The zero-order chi connectivity index (χ0) is 19.8. The molecule has 0 spiro atoms. The Bertz CT molecular complexity index is 984. The molecule has 6 heteroatoms. The average Bonchev–Trinajstić information content (AvgIpc) is 2.73. The minimum Gasteiger partial charge on any atom is -0.452 e. The van der Waals surface area contributed by atoms with Gasteiger partial charge in [-0.15, -0.1) is 0 Å². The molecule has 3 rings (SSSR count). The van der Waals surface area contributed by atoms with Crippen molar-refractivity contribution in [3.63, 3.8) is 0 Å². The predicted molar refractivity (Wildman–Crippen MR) is 105 cm³/mol. The van der Waals surface area contributed by atoms with E-state index in [-0.39, 0.29) is 11.6 Å². The maximum Gasteiger partial charge on any atom is 0.344 e. The fraction of sp³-hybridized carbons (Fsp3) is 0.136. The van der Waals surface area contributed by atoms with Crippen molar-refractivity contribution in [2.75, 3.05) is 6.61 Å². The van der Waals surface area contributed by atoms with E-state index in [2.05, 4.69) is 10.3 Å². The van der Waals surface area contributed by atoms with Crippen LogP contribution in [0.3, 0.4) is 0 Å². The number of benzene rings is 2. The third-order valence-corrected chi connectivity index (χ3v) is 4.19. The van der Waals surface area contributed by atoms with Gasteiger partial charge in [-0.2, -0.15) is 0 Å². The van der Waals surface area contributed by atoms with Crippen molar-refractivity contribution < 1.29 is 14.3 Å².